The normalized spacial score (nSPS) is 11.4. The standard InChI is InChI=1S/C16H26N2O/c1-5-16(6-2,10-17)11-18-15(19)14-9-7-8-12(3)13(14)4/h7-9H,5-6,10-11,17H2,1-4H3,(H,18,19). The number of carbonyl (C=O) groups is 1. The van der Waals surface area contributed by atoms with Crippen LogP contribution in [-0.4, -0.2) is 19.0 Å². The number of benzene rings is 1. The van der Waals surface area contributed by atoms with Gasteiger partial charge in [-0.15, -0.1) is 0 Å². The first kappa shape index (κ1) is 15.7. The zero-order valence-corrected chi connectivity index (χ0v) is 12.5. The molecule has 0 aliphatic heterocycles. The third-order valence-corrected chi connectivity index (χ3v) is 4.41. The predicted octanol–water partition coefficient (Wildman–Crippen LogP) is 2.80. The first-order valence-electron chi connectivity index (χ1n) is 7.04. The summed E-state index contributed by atoms with van der Waals surface area (Å²) in [6.07, 6.45) is 1.96. The minimum atomic E-state index is 0.000856. The second kappa shape index (κ2) is 6.71. The van der Waals surface area contributed by atoms with E-state index in [-0.39, 0.29) is 11.3 Å². The summed E-state index contributed by atoms with van der Waals surface area (Å²) < 4.78 is 0. The Bertz CT molecular complexity index is 428. The molecule has 1 aromatic rings. The van der Waals surface area contributed by atoms with Crippen LogP contribution >= 0.6 is 0 Å². The highest BCUT2D eigenvalue weighted by Crippen LogP contribution is 2.23. The van der Waals surface area contributed by atoms with Gasteiger partial charge in [-0.1, -0.05) is 26.0 Å². The molecule has 3 heteroatoms. The summed E-state index contributed by atoms with van der Waals surface area (Å²) in [5, 5.41) is 3.04. The number of hydrogen-bond acceptors (Lipinski definition) is 2. The van der Waals surface area contributed by atoms with Crippen molar-refractivity contribution in [1.29, 1.82) is 0 Å². The summed E-state index contributed by atoms with van der Waals surface area (Å²) in [6.45, 7) is 9.51. The largest absolute Gasteiger partial charge is 0.351 e. The van der Waals surface area contributed by atoms with E-state index in [2.05, 4.69) is 19.2 Å². The van der Waals surface area contributed by atoms with Gasteiger partial charge in [-0.05, 0) is 55.8 Å². The molecule has 3 N–H and O–H groups in total. The van der Waals surface area contributed by atoms with Crippen LogP contribution < -0.4 is 11.1 Å². The fraction of sp³-hybridized carbons (Fsp3) is 0.562. The van der Waals surface area contributed by atoms with E-state index in [4.69, 9.17) is 5.73 Å². The molecule has 0 aliphatic rings. The minimum Gasteiger partial charge on any atom is -0.351 e. The van der Waals surface area contributed by atoms with E-state index in [1.54, 1.807) is 0 Å². The van der Waals surface area contributed by atoms with Crippen molar-refractivity contribution in [2.45, 2.75) is 40.5 Å². The maximum absolute atomic E-state index is 12.3. The van der Waals surface area contributed by atoms with Crippen LogP contribution in [0, 0.1) is 19.3 Å². The van der Waals surface area contributed by atoms with Gasteiger partial charge in [0.15, 0.2) is 0 Å². The maximum atomic E-state index is 12.3. The second-order valence-corrected chi connectivity index (χ2v) is 5.34. The van der Waals surface area contributed by atoms with Crippen molar-refractivity contribution in [1.82, 2.24) is 5.32 Å². The summed E-state index contributed by atoms with van der Waals surface area (Å²) in [6, 6.07) is 5.82. The number of nitrogens with one attached hydrogen (secondary N) is 1. The van der Waals surface area contributed by atoms with E-state index in [9.17, 15) is 4.79 Å². The van der Waals surface area contributed by atoms with Gasteiger partial charge in [0.25, 0.3) is 5.91 Å². The third-order valence-electron chi connectivity index (χ3n) is 4.41. The molecule has 19 heavy (non-hydrogen) atoms. The number of nitrogens with two attached hydrogens (primary N) is 1. The van der Waals surface area contributed by atoms with E-state index < -0.39 is 0 Å². The topological polar surface area (TPSA) is 55.1 Å². The lowest BCUT2D eigenvalue weighted by molar-refractivity contribution is 0.0927. The lowest BCUT2D eigenvalue weighted by atomic mass is 9.82. The Morgan fingerprint density at radius 2 is 1.89 bits per heavy atom. The Balaban J connectivity index is 2.78. The monoisotopic (exact) mass is 262 g/mol. The zero-order chi connectivity index (χ0) is 14.5. The van der Waals surface area contributed by atoms with Gasteiger partial charge < -0.3 is 11.1 Å². The number of carbonyl (C=O) groups excluding carboxylic acids is 1. The summed E-state index contributed by atoms with van der Waals surface area (Å²) in [4.78, 5) is 12.3. The van der Waals surface area contributed by atoms with E-state index in [0.717, 1.165) is 29.5 Å². The fourth-order valence-electron chi connectivity index (χ4n) is 2.22. The molecule has 106 valence electrons. The molecule has 0 heterocycles. The second-order valence-electron chi connectivity index (χ2n) is 5.34. The van der Waals surface area contributed by atoms with Gasteiger partial charge in [0.05, 0.1) is 0 Å². The van der Waals surface area contributed by atoms with Crippen LogP contribution in [0.5, 0.6) is 0 Å². The van der Waals surface area contributed by atoms with Crippen LogP contribution in [0.3, 0.4) is 0 Å². The Kier molecular flexibility index (Phi) is 5.55. The molecular formula is C16H26N2O. The van der Waals surface area contributed by atoms with Crippen LogP contribution in [0.2, 0.25) is 0 Å². The van der Waals surface area contributed by atoms with Crippen LogP contribution in [0.15, 0.2) is 18.2 Å². The SMILES string of the molecule is CCC(CC)(CN)CNC(=O)c1cccc(C)c1C. The maximum Gasteiger partial charge on any atom is 0.251 e. The van der Waals surface area contributed by atoms with Gasteiger partial charge in [-0.2, -0.15) is 0 Å². The van der Waals surface area contributed by atoms with Crippen molar-refractivity contribution in [3.05, 3.63) is 34.9 Å². The van der Waals surface area contributed by atoms with Crippen LogP contribution in [0.25, 0.3) is 0 Å². The predicted molar refractivity (Wildman–Crippen MR) is 80.3 cm³/mol. The Morgan fingerprint density at radius 3 is 2.42 bits per heavy atom. The van der Waals surface area contributed by atoms with Crippen molar-refractivity contribution in [2.24, 2.45) is 11.1 Å². The van der Waals surface area contributed by atoms with E-state index in [1.165, 1.54) is 0 Å². The van der Waals surface area contributed by atoms with Gasteiger partial charge in [0.1, 0.15) is 0 Å². The zero-order valence-electron chi connectivity index (χ0n) is 12.5. The van der Waals surface area contributed by atoms with Crippen molar-refractivity contribution in [2.75, 3.05) is 13.1 Å². The molecule has 1 aromatic carbocycles. The fourth-order valence-corrected chi connectivity index (χ4v) is 2.22. The number of hydrogen-bond donors (Lipinski definition) is 2. The molecule has 0 aromatic heterocycles. The lowest BCUT2D eigenvalue weighted by Crippen LogP contribution is -2.42. The third kappa shape index (κ3) is 3.57. The summed E-state index contributed by atoms with van der Waals surface area (Å²) in [5.41, 5.74) is 8.83. The van der Waals surface area contributed by atoms with Gasteiger partial charge in [-0.3, -0.25) is 4.79 Å². The molecule has 0 saturated heterocycles. The van der Waals surface area contributed by atoms with Gasteiger partial charge in [0.2, 0.25) is 0 Å². The molecule has 1 rings (SSSR count). The Labute approximate surface area is 116 Å². The molecule has 0 radical (unpaired) electrons. The molecule has 0 unspecified atom stereocenters. The molecule has 0 fully saturated rings. The Hall–Kier alpha value is -1.35. The molecule has 0 saturated carbocycles. The minimum absolute atomic E-state index is 0.000856. The smallest absolute Gasteiger partial charge is 0.251 e. The van der Waals surface area contributed by atoms with Crippen molar-refractivity contribution < 1.29 is 4.79 Å². The van der Waals surface area contributed by atoms with Crippen molar-refractivity contribution in [3.63, 3.8) is 0 Å². The lowest BCUT2D eigenvalue weighted by Gasteiger charge is -2.30. The van der Waals surface area contributed by atoms with Crippen molar-refractivity contribution >= 4 is 5.91 Å². The molecule has 0 bridgehead atoms. The van der Waals surface area contributed by atoms with Gasteiger partial charge in [0, 0.05) is 12.1 Å². The van der Waals surface area contributed by atoms with E-state index >= 15 is 0 Å². The molecule has 0 spiro atoms. The Morgan fingerprint density at radius 1 is 1.26 bits per heavy atom. The average Bonchev–Trinajstić information content (AvgIpc) is 2.44. The van der Waals surface area contributed by atoms with Crippen LogP contribution in [0.4, 0.5) is 0 Å². The van der Waals surface area contributed by atoms with Crippen molar-refractivity contribution in [3.8, 4) is 0 Å². The van der Waals surface area contributed by atoms with Gasteiger partial charge in [-0.25, -0.2) is 0 Å². The van der Waals surface area contributed by atoms with Crippen LogP contribution in [-0.2, 0) is 0 Å². The molecule has 0 aliphatic carbocycles. The molecule has 1 amide bonds. The number of aryl methyl sites for hydroxylation is 1. The van der Waals surface area contributed by atoms with Gasteiger partial charge >= 0.3 is 0 Å². The first-order chi connectivity index (χ1) is 8.99. The van der Waals surface area contributed by atoms with E-state index in [1.807, 2.05) is 32.0 Å². The van der Waals surface area contributed by atoms with Crippen LogP contribution in [0.1, 0.15) is 48.2 Å². The molecule has 3 nitrogen and oxygen atoms in total. The molecule has 0 atom stereocenters. The number of amides is 1. The van der Waals surface area contributed by atoms with E-state index in [0.29, 0.717) is 13.1 Å². The highest BCUT2D eigenvalue weighted by atomic mass is 16.1. The molecular weight excluding hydrogens is 236 g/mol. The highest BCUT2D eigenvalue weighted by Gasteiger charge is 2.25. The number of rotatable bonds is 6. The first-order valence-corrected chi connectivity index (χ1v) is 7.04. The summed E-state index contributed by atoms with van der Waals surface area (Å²) in [5.74, 6) is 0.000856. The average molecular weight is 262 g/mol. The summed E-state index contributed by atoms with van der Waals surface area (Å²) >= 11 is 0. The highest BCUT2D eigenvalue weighted by molar-refractivity contribution is 5.95. The quantitative estimate of drug-likeness (QED) is 0.828. The summed E-state index contributed by atoms with van der Waals surface area (Å²) in [7, 11) is 0.